The van der Waals surface area contributed by atoms with Gasteiger partial charge in [-0.1, -0.05) is 12.1 Å². The van der Waals surface area contributed by atoms with Gasteiger partial charge in [-0.15, -0.1) is 0 Å². The van der Waals surface area contributed by atoms with Crippen LogP contribution in [0.4, 0.5) is 14.9 Å². The number of hydrogen-bond donors (Lipinski definition) is 2. The predicted molar refractivity (Wildman–Crippen MR) is 92.6 cm³/mol. The molecule has 0 saturated heterocycles. The quantitative estimate of drug-likeness (QED) is 0.692. The van der Waals surface area contributed by atoms with E-state index in [-0.39, 0.29) is 11.8 Å². The monoisotopic (exact) mass is 323 g/mol. The van der Waals surface area contributed by atoms with Crippen LogP contribution in [0.2, 0.25) is 0 Å². The van der Waals surface area contributed by atoms with Gasteiger partial charge in [0.2, 0.25) is 0 Å². The number of rotatable bonds is 1. The van der Waals surface area contributed by atoms with E-state index >= 15 is 0 Å². The van der Waals surface area contributed by atoms with Crippen LogP contribution in [0, 0.1) is 12.7 Å². The molecular weight excluding hydrogens is 305 g/mol. The first-order chi connectivity index (χ1) is 11.6. The van der Waals surface area contributed by atoms with Crippen molar-refractivity contribution in [3.63, 3.8) is 0 Å². The molecule has 1 aliphatic rings. The van der Waals surface area contributed by atoms with Crippen LogP contribution >= 0.6 is 0 Å². The zero-order chi connectivity index (χ0) is 16.7. The van der Waals surface area contributed by atoms with E-state index in [1.54, 1.807) is 11.0 Å². The second-order valence-corrected chi connectivity index (χ2v) is 6.24. The average Bonchev–Trinajstić information content (AvgIpc) is 2.92. The maximum absolute atomic E-state index is 13.6. The van der Waals surface area contributed by atoms with Crippen LogP contribution in [0.25, 0.3) is 10.9 Å². The first kappa shape index (κ1) is 14.8. The Morgan fingerprint density at radius 1 is 1.25 bits per heavy atom. The molecule has 2 aromatic carbocycles. The molecule has 5 heteroatoms. The summed E-state index contributed by atoms with van der Waals surface area (Å²) >= 11 is 0. The molecule has 0 saturated carbocycles. The van der Waals surface area contributed by atoms with Crippen LogP contribution in [-0.4, -0.2) is 22.5 Å². The van der Waals surface area contributed by atoms with E-state index in [0.717, 1.165) is 39.8 Å². The smallest absolute Gasteiger partial charge is 0.322 e. The number of aryl methyl sites for hydroxylation is 1. The van der Waals surface area contributed by atoms with Crippen molar-refractivity contribution < 1.29 is 9.18 Å². The highest BCUT2D eigenvalue weighted by atomic mass is 19.1. The maximum atomic E-state index is 13.6. The summed E-state index contributed by atoms with van der Waals surface area (Å²) in [6.07, 6.45) is 0.743. The lowest BCUT2D eigenvalue weighted by Gasteiger charge is -2.27. The van der Waals surface area contributed by atoms with E-state index in [4.69, 9.17) is 0 Å². The Labute approximate surface area is 139 Å². The average molecular weight is 323 g/mol. The Kier molecular flexibility index (Phi) is 3.49. The Morgan fingerprint density at radius 2 is 2.12 bits per heavy atom. The van der Waals surface area contributed by atoms with Crippen molar-refractivity contribution in [1.29, 1.82) is 0 Å². The molecule has 1 aromatic heterocycles. The molecule has 0 radical (unpaired) electrons. The van der Waals surface area contributed by atoms with Crippen LogP contribution < -0.4 is 5.32 Å². The van der Waals surface area contributed by atoms with Gasteiger partial charge in [0, 0.05) is 47.4 Å². The van der Waals surface area contributed by atoms with Gasteiger partial charge in [0.05, 0.1) is 0 Å². The zero-order valence-corrected chi connectivity index (χ0v) is 13.4. The van der Waals surface area contributed by atoms with Gasteiger partial charge < -0.3 is 15.2 Å². The molecule has 2 heterocycles. The van der Waals surface area contributed by atoms with Crippen LogP contribution in [0.3, 0.4) is 0 Å². The zero-order valence-electron chi connectivity index (χ0n) is 13.4. The topological polar surface area (TPSA) is 48.1 Å². The van der Waals surface area contributed by atoms with E-state index in [9.17, 15) is 9.18 Å². The summed E-state index contributed by atoms with van der Waals surface area (Å²) in [5.74, 6) is -0.259. The van der Waals surface area contributed by atoms with Gasteiger partial charge in [-0.3, -0.25) is 0 Å². The molecule has 24 heavy (non-hydrogen) atoms. The third kappa shape index (κ3) is 2.62. The molecule has 0 fully saturated rings. The summed E-state index contributed by atoms with van der Waals surface area (Å²) in [4.78, 5) is 17.6. The van der Waals surface area contributed by atoms with E-state index in [1.807, 2.05) is 31.2 Å². The Morgan fingerprint density at radius 3 is 2.96 bits per heavy atom. The number of urea groups is 1. The van der Waals surface area contributed by atoms with E-state index in [0.29, 0.717) is 13.1 Å². The van der Waals surface area contributed by atoms with E-state index in [1.165, 1.54) is 12.1 Å². The summed E-state index contributed by atoms with van der Waals surface area (Å²) in [5, 5.41) is 3.80. The number of hydrogen-bond acceptors (Lipinski definition) is 1. The molecule has 2 N–H and O–H groups in total. The van der Waals surface area contributed by atoms with Crippen molar-refractivity contribution >= 4 is 22.6 Å². The number of carbonyl (C=O) groups excluding carboxylic acids is 1. The number of anilines is 1. The molecule has 2 amide bonds. The third-order valence-corrected chi connectivity index (χ3v) is 4.49. The number of nitrogens with zero attached hydrogens (tertiary/aromatic N) is 1. The highest BCUT2D eigenvalue weighted by Crippen LogP contribution is 2.28. The predicted octanol–water partition coefficient (Wildman–Crippen LogP) is 4.21. The Bertz CT molecular complexity index is 932. The molecule has 4 rings (SSSR count). The summed E-state index contributed by atoms with van der Waals surface area (Å²) in [7, 11) is 0. The summed E-state index contributed by atoms with van der Waals surface area (Å²) < 4.78 is 13.6. The largest absolute Gasteiger partial charge is 0.358 e. The first-order valence-electron chi connectivity index (χ1n) is 8.02. The molecule has 1 aliphatic heterocycles. The molecule has 122 valence electrons. The van der Waals surface area contributed by atoms with Crippen molar-refractivity contribution in [3.8, 4) is 0 Å². The second kappa shape index (κ2) is 5.67. The number of amides is 2. The van der Waals surface area contributed by atoms with Gasteiger partial charge in [0.1, 0.15) is 5.82 Å². The first-order valence-corrected chi connectivity index (χ1v) is 8.02. The van der Waals surface area contributed by atoms with Gasteiger partial charge in [-0.2, -0.15) is 0 Å². The highest BCUT2D eigenvalue weighted by Gasteiger charge is 2.24. The number of halogens is 1. The number of carbonyl (C=O) groups is 1. The lowest BCUT2D eigenvalue weighted by Crippen LogP contribution is -2.38. The lowest BCUT2D eigenvalue weighted by atomic mass is 10.0. The van der Waals surface area contributed by atoms with E-state index in [2.05, 4.69) is 10.3 Å². The van der Waals surface area contributed by atoms with Gasteiger partial charge in [0.25, 0.3) is 0 Å². The van der Waals surface area contributed by atoms with Gasteiger partial charge >= 0.3 is 6.03 Å². The minimum Gasteiger partial charge on any atom is -0.358 e. The molecule has 0 unspecified atom stereocenters. The maximum Gasteiger partial charge on any atom is 0.322 e. The summed E-state index contributed by atoms with van der Waals surface area (Å²) in [6, 6.07) is 12.3. The number of nitrogens with one attached hydrogen (secondary N) is 2. The van der Waals surface area contributed by atoms with Crippen molar-refractivity contribution in [1.82, 2.24) is 9.88 Å². The highest BCUT2D eigenvalue weighted by molar-refractivity contribution is 5.91. The number of H-pyrrole nitrogens is 1. The SMILES string of the molecule is Cc1cccc(NC(=O)N2CCc3[nH]c4ccc(F)cc4c3C2)c1. The molecular formula is C19H18FN3O. The molecule has 0 spiro atoms. The number of fused-ring (bicyclic) bond motifs is 3. The van der Waals surface area contributed by atoms with Crippen molar-refractivity contribution in [2.24, 2.45) is 0 Å². The van der Waals surface area contributed by atoms with Crippen molar-refractivity contribution in [2.75, 3.05) is 11.9 Å². The van der Waals surface area contributed by atoms with Crippen LogP contribution in [0.1, 0.15) is 16.8 Å². The standard InChI is InChI=1S/C19H18FN3O/c1-12-3-2-4-14(9-12)21-19(24)23-8-7-18-16(11-23)15-10-13(20)5-6-17(15)22-18/h2-6,9-10,22H,7-8,11H2,1H3,(H,21,24). The Hall–Kier alpha value is -2.82. The molecule has 0 aliphatic carbocycles. The minimum absolute atomic E-state index is 0.128. The minimum atomic E-state index is -0.259. The normalized spacial score (nSPS) is 13.8. The fourth-order valence-corrected chi connectivity index (χ4v) is 3.29. The number of aromatic nitrogens is 1. The number of aromatic amines is 1. The van der Waals surface area contributed by atoms with Crippen LogP contribution in [0.5, 0.6) is 0 Å². The Balaban J connectivity index is 1.58. The van der Waals surface area contributed by atoms with Crippen molar-refractivity contribution in [2.45, 2.75) is 19.9 Å². The molecule has 0 bridgehead atoms. The molecule has 0 atom stereocenters. The van der Waals surface area contributed by atoms with Gasteiger partial charge in [-0.05, 0) is 42.8 Å². The van der Waals surface area contributed by atoms with Gasteiger partial charge in [0.15, 0.2) is 0 Å². The van der Waals surface area contributed by atoms with E-state index < -0.39 is 0 Å². The summed E-state index contributed by atoms with van der Waals surface area (Å²) in [6.45, 7) is 3.11. The number of benzene rings is 2. The fourth-order valence-electron chi connectivity index (χ4n) is 3.29. The third-order valence-electron chi connectivity index (χ3n) is 4.49. The molecule has 3 aromatic rings. The van der Waals surface area contributed by atoms with Crippen LogP contribution in [0.15, 0.2) is 42.5 Å². The van der Waals surface area contributed by atoms with Gasteiger partial charge in [-0.25, -0.2) is 9.18 Å². The second-order valence-electron chi connectivity index (χ2n) is 6.24. The van der Waals surface area contributed by atoms with Crippen molar-refractivity contribution in [3.05, 3.63) is 65.1 Å². The lowest BCUT2D eigenvalue weighted by molar-refractivity contribution is 0.206. The summed E-state index contributed by atoms with van der Waals surface area (Å²) in [5.41, 5.74) is 4.91. The fraction of sp³-hybridized carbons (Fsp3) is 0.211. The molecule has 4 nitrogen and oxygen atoms in total. The van der Waals surface area contributed by atoms with Crippen LogP contribution in [-0.2, 0) is 13.0 Å².